The SMILES string of the molecule is OC1(c2ccccc2)CCC(c2ccccc2)C(c2ccccc2)(c2ccccc2)C1(c1ccccc1)c1ccccc1. The molecule has 210 valence electrons. The third kappa shape index (κ3) is 4.03. The molecule has 0 heterocycles. The molecule has 2 unspecified atom stereocenters. The van der Waals surface area contributed by atoms with Gasteiger partial charge in [-0.3, -0.25) is 0 Å². The molecule has 0 radical (unpaired) electrons. The molecular weight excluding hydrogens is 520 g/mol. The van der Waals surface area contributed by atoms with E-state index in [-0.39, 0.29) is 5.92 Å². The first-order valence-electron chi connectivity index (χ1n) is 15.3. The topological polar surface area (TPSA) is 20.2 Å². The van der Waals surface area contributed by atoms with E-state index < -0.39 is 16.4 Å². The summed E-state index contributed by atoms with van der Waals surface area (Å²) in [5.41, 5.74) is 3.91. The first kappa shape index (κ1) is 27.1. The van der Waals surface area contributed by atoms with Gasteiger partial charge in [-0.2, -0.15) is 0 Å². The Balaban J connectivity index is 1.77. The molecule has 0 amide bonds. The molecule has 7 rings (SSSR count). The van der Waals surface area contributed by atoms with E-state index in [0.717, 1.165) is 23.1 Å². The van der Waals surface area contributed by atoms with Crippen LogP contribution in [0.3, 0.4) is 0 Å². The highest BCUT2D eigenvalue weighted by Crippen LogP contribution is 2.70. The standard InChI is InChI=1S/C42H36O/c43-40(34-21-9-2-10-22-34)32-31-39(33-19-7-1-8-20-33)41(35-23-11-3-12-24-35,36-25-13-4-14-26-36)42(40,37-27-15-5-16-28-37)38-29-17-6-18-30-38/h1-30,39,43H,31-32H2. The smallest absolute Gasteiger partial charge is 0.105 e. The Hall–Kier alpha value is -4.72. The van der Waals surface area contributed by atoms with Crippen molar-refractivity contribution >= 4 is 0 Å². The van der Waals surface area contributed by atoms with Crippen molar-refractivity contribution in [1.29, 1.82) is 0 Å². The van der Waals surface area contributed by atoms with E-state index in [1.165, 1.54) is 16.7 Å². The van der Waals surface area contributed by atoms with Gasteiger partial charge in [0.25, 0.3) is 0 Å². The Morgan fingerprint density at radius 3 is 1.12 bits per heavy atom. The molecule has 0 spiro atoms. The van der Waals surface area contributed by atoms with Crippen LogP contribution >= 0.6 is 0 Å². The van der Waals surface area contributed by atoms with Crippen LogP contribution in [0.15, 0.2) is 182 Å². The molecule has 1 nitrogen and oxygen atoms in total. The van der Waals surface area contributed by atoms with Crippen molar-refractivity contribution in [2.75, 3.05) is 0 Å². The fourth-order valence-corrected chi connectivity index (χ4v) is 8.40. The van der Waals surface area contributed by atoms with Crippen LogP contribution in [0.25, 0.3) is 0 Å². The van der Waals surface area contributed by atoms with E-state index in [1.807, 2.05) is 6.07 Å². The molecule has 6 aromatic rings. The van der Waals surface area contributed by atoms with Gasteiger partial charge < -0.3 is 5.11 Å². The zero-order valence-corrected chi connectivity index (χ0v) is 24.3. The fraction of sp³-hybridized carbons (Fsp3) is 0.143. The molecule has 1 heteroatoms. The van der Waals surface area contributed by atoms with Gasteiger partial charge in [0.15, 0.2) is 0 Å². The lowest BCUT2D eigenvalue weighted by molar-refractivity contribution is -0.0971. The third-order valence-electron chi connectivity index (χ3n) is 9.85. The van der Waals surface area contributed by atoms with Crippen LogP contribution < -0.4 is 0 Å². The highest BCUT2D eigenvalue weighted by atomic mass is 16.3. The molecule has 43 heavy (non-hydrogen) atoms. The van der Waals surface area contributed by atoms with E-state index in [1.54, 1.807) is 0 Å². The first-order valence-corrected chi connectivity index (χ1v) is 15.3. The number of rotatable bonds is 6. The van der Waals surface area contributed by atoms with E-state index in [0.29, 0.717) is 6.42 Å². The summed E-state index contributed by atoms with van der Waals surface area (Å²) >= 11 is 0. The lowest BCUT2D eigenvalue weighted by Crippen LogP contribution is -2.67. The normalized spacial score (nSPS) is 20.7. The second-order valence-corrected chi connectivity index (χ2v) is 11.8. The number of benzene rings is 6. The molecule has 2 atom stereocenters. The van der Waals surface area contributed by atoms with Crippen molar-refractivity contribution in [2.24, 2.45) is 0 Å². The van der Waals surface area contributed by atoms with Gasteiger partial charge in [0.1, 0.15) is 5.60 Å². The molecular formula is C42H36O. The molecule has 0 aromatic heterocycles. The van der Waals surface area contributed by atoms with Gasteiger partial charge in [0.05, 0.1) is 5.41 Å². The van der Waals surface area contributed by atoms with Crippen LogP contribution in [0.4, 0.5) is 0 Å². The van der Waals surface area contributed by atoms with Crippen molar-refractivity contribution in [1.82, 2.24) is 0 Å². The maximum atomic E-state index is 13.9. The molecule has 1 N–H and O–H groups in total. The van der Waals surface area contributed by atoms with Crippen molar-refractivity contribution in [3.63, 3.8) is 0 Å². The van der Waals surface area contributed by atoms with E-state index in [4.69, 9.17) is 0 Å². The molecule has 0 saturated heterocycles. The summed E-state index contributed by atoms with van der Waals surface area (Å²) in [5, 5.41) is 13.9. The maximum absolute atomic E-state index is 13.9. The summed E-state index contributed by atoms with van der Waals surface area (Å²) in [6.45, 7) is 0. The fourth-order valence-electron chi connectivity index (χ4n) is 8.40. The van der Waals surface area contributed by atoms with Gasteiger partial charge in [-0.1, -0.05) is 182 Å². The molecule has 1 aliphatic rings. The predicted molar refractivity (Wildman–Crippen MR) is 176 cm³/mol. The first-order chi connectivity index (χ1) is 21.2. The average molecular weight is 557 g/mol. The molecule has 0 bridgehead atoms. The zero-order valence-electron chi connectivity index (χ0n) is 24.3. The summed E-state index contributed by atoms with van der Waals surface area (Å²) in [6.07, 6.45) is 1.41. The largest absolute Gasteiger partial charge is 0.384 e. The summed E-state index contributed by atoms with van der Waals surface area (Å²) in [5.74, 6) is 0.0582. The quantitative estimate of drug-likeness (QED) is 0.217. The van der Waals surface area contributed by atoms with Crippen molar-refractivity contribution in [3.8, 4) is 0 Å². The van der Waals surface area contributed by atoms with Crippen molar-refractivity contribution < 1.29 is 5.11 Å². The summed E-state index contributed by atoms with van der Waals surface area (Å²) in [4.78, 5) is 0. The van der Waals surface area contributed by atoms with Crippen LogP contribution in [0.5, 0.6) is 0 Å². The van der Waals surface area contributed by atoms with Crippen LogP contribution in [0.1, 0.15) is 52.1 Å². The molecule has 1 saturated carbocycles. The minimum absolute atomic E-state index is 0.0582. The minimum Gasteiger partial charge on any atom is -0.384 e. The third-order valence-corrected chi connectivity index (χ3v) is 9.85. The second kappa shape index (κ2) is 11.2. The van der Waals surface area contributed by atoms with Gasteiger partial charge in [-0.25, -0.2) is 0 Å². The van der Waals surface area contributed by atoms with Crippen LogP contribution in [0.2, 0.25) is 0 Å². The van der Waals surface area contributed by atoms with Gasteiger partial charge in [-0.15, -0.1) is 0 Å². The zero-order chi connectivity index (χ0) is 29.2. The van der Waals surface area contributed by atoms with Crippen molar-refractivity contribution in [2.45, 2.75) is 35.2 Å². The van der Waals surface area contributed by atoms with Crippen LogP contribution in [0, 0.1) is 0 Å². The Labute approximate surface area is 255 Å². The molecule has 6 aromatic carbocycles. The van der Waals surface area contributed by atoms with Gasteiger partial charge >= 0.3 is 0 Å². The highest BCUT2D eigenvalue weighted by molar-refractivity contribution is 5.63. The number of hydrogen-bond acceptors (Lipinski definition) is 1. The number of aliphatic hydroxyl groups is 1. The van der Waals surface area contributed by atoms with Crippen LogP contribution in [-0.2, 0) is 16.4 Å². The molecule has 1 aliphatic carbocycles. The lowest BCUT2D eigenvalue weighted by Gasteiger charge is -2.66. The van der Waals surface area contributed by atoms with Gasteiger partial charge in [0.2, 0.25) is 0 Å². The van der Waals surface area contributed by atoms with E-state index >= 15 is 0 Å². The molecule has 0 aliphatic heterocycles. The summed E-state index contributed by atoms with van der Waals surface area (Å²) < 4.78 is 0. The van der Waals surface area contributed by atoms with Gasteiger partial charge in [0, 0.05) is 5.41 Å². The number of hydrogen-bond donors (Lipinski definition) is 1. The predicted octanol–water partition coefficient (Wildman–Crippen LogP) is 9.42. The van der Waals surface area contributed by atoms with E-state index in [2.05, 4.69) is 176 Å². The summed E-state index contributed by atoms with van der Waals surface area (Å²) in [7, 11) is 0. The highest BCUT2D eigenvalue weighted by Gasteiger charge is 2.70. The monoisotopic (exact) mass is 556 g/mol. The van der Waals surface area contributed by atoms with Gasteiger partial charge in [-0.05, 0) is 52.1 Å². The van der Waals surface area contributed by atoms with Crippen molar-refractivity contribution in [3.05, 3.63) is 215 Å². The Kier molecular flexibility index (Phi) is 7.05. The van der Waals surface area contributed by atoms with E-state index in [9.17, 15) is 5.11 Å². The Bertz CT molecular complexity index is 1670. The lowest BCUT2D eigenvalue weighted by atomic mass is 9.37. The summed E-state index contributed by atoms with van der Waals surface area (Å²) in [6, 6.07) is 64.8. The molecule has 1 fully saturated rings. The Morgan fingerprint density at radius 2 is 0.721 bits per heavy atom. The minimum atomic E-state index is -1.26. The Morgan fingerprint density at radius 1 is 0.395 bits per heavy atom. The van der Waals surface area contributed by atoms with Crippen LogP contribution in [-0.4, -0.2) is 5.11 Å². The second-order valence-electron chi connectivity index (χ2n) is 11.8. The average Bonchev–Trinajstić information content (AvgIpc) is 3.10. The maximum Gasteiger partial charge on any atom is 0.105 e.